The standard InChI is InChI=1S/C16H23ClIN.ClH/c1-3-4-5-15(19-2)16(11-10-14(16)18)12-6-8-13(17)9-7-12;/h6-9,14-15,19H,3-5,10-11H2,1-2H3;1H. The molecule has 1 aromatic carbocycles. The summed E-state index contributed by atoms with van der Waals surface area (Å²) in [6.07, 6.45) is 6.44. The highest BCUT2D eigenvalue weighted by atomic mass is 127. The highest BCUT2D eigenvalue weighted by Crippen LogP contribution is 2.51. The average Bonchev–Trinajstić information content (AvgIpc) is 2.43. The molecule has 4 heteroatoms. The zero-order valence-corrected chi connectivity index (χ0v) is 15.9. The molecule has 0 bridgehead atoms. The minimum Gasteiger partial charge on any atom is -0.316 e. The number of nitrogens with one attached hydrogen (secondary N) is 1. The summed E-state index contributed by atoms with van der Waals surface area (Å²) in [6, 6.07) is 9.09. The van der Waals surface area contributed by atoms with Gasteiger partial charge in [-0.25, -0.2) is 0 Å². The van der Waals surface area contributed by atoms with Crippen LogP contribution in [0.1, 0.15) is 44.6 Å². The van der Waals surface area contributed by atoms with Crippen molar-refractivity contribution in [2.75, 3.05) is 7.05 Å². The van der Waals surface area contributed by atoms with Crippen molar-refractivity contribution in [2.45, 2.75) is 54.4 Å². The molecule has 1 nitrogen and oxygen atoms in total. The van der Waals surface area contributed by atoms with Crippen molar-refractivity contribution in [1.29, 1.82) is 0 Å². The van der Waals surface area contributed by atoms with Gasteiger partial charge in [-0.2, -0.15) is 0 Å². The van der Waals surface area contributed by atoms with Crippen molar-refractivity contribution >= 4 is 46.6 Å². The van der Waals surface area contributed by atoms with E-state index in [1.165, 1.54) is 37.7 Å². The largest absolute Gasteiger partial charge is 0.316 e. The summed E-state index contributed by atoms with van der Waals surface area (Å²) in [5.41, 5.74) is 1.76. The Balaban J connectivity index is 0.00000200. The molecule has 3 unspecified atom stereocenters. The Kier molecular flexibility index (Phi) is 7.61. The Bertz CT molecular complexity index is 409. The van der Waals surface area contributed by atoms with E-state index in [0.29, 0.717) is 11.5 Å². The second-order valence-corrected chi connectivity index (χ2v) is 7.48. The van der Waals surface area contributed by atoms with Crippen LogP contribution in [0, 0.1) is 0 Å². The Labute approximate surface area is 147 Å². The molecule has 0 amide bonds. The maximum Gasteiger partial charge on any atom is 0.0406 e. The monoisotopic (exact) mass is 427 g/mol. The molecule has 2 rings (SSSR count). The molecule has 0 heterocycles. The van der Waals surface area contributed by atoms with Gasteiger partial charge in [-0.15, -0.1) is 12.4 Å². The predicted octanol–water partition coefficient (Wildman–Crippen LogP) is 5.38. The van der Waals surface area contributed by atoms with Crippen molar-refractivity contribution in [3.05, 3.63) is 34.9 Å². The summed E-state index contributed by atoms with van der Waals surface area (Å²) in [5, 5.41) is 4.42. The van der Waals surface area contributed by atoms with Crippen LogP contribution < -0.4 is 5.32 Å². The molecular formula is C16H24Cl2IN. The van der Waals surface area contributed by atoms with Gasteiger partial charge in [-0.05, 0) is 44.0 Å². The summed E-state index contributed by atoms with van der Waals surface area (Å²) < 4.78 is 0.723. The number of alkyl halides is 1. The van der Waals surface area contributed by atoms with Crippen LogP contribution in [0.4, 0.5) is 0 Å². The number of benzene rings is 1. The third-order valence-electron chi connectivity index (χ3n) is 4.57. The molecule has 1 fully saturated rings. The second-order valence-electron chi connectivity index (χ2n) is 5.54. The lowest BCUT2D eigenvalue weighted by atomic mass is 9.59. The van der Waals surface area contributed by atoms with Gasteiger partial charge in [-0.1, -0.05) is 66.1 Å². The maximum absolute atomic E-state index is 6.04. The zero-order valence-electron chi connectivity index (χ0n) is 12.2. The third kappa shape index (κ3) is 3.45. The van der Waals surface area contributed by atoms with E-state index in [0.717, 1.165) is 8.95 Å². The molecule has 0 radical (unpaired) electrons. The third-order valence-corrected chi connectivity index (χ3v) is 6.55. The molecule has 1 N–H and O–H groups in total. The van der Waals surface area contributed by atoms with E-state index in [1.54, 1.807) is 0 Å². The van der Waals surface area contributed by atoms with Gasteiger partial charge < -0.3 is 5.32 Å². The van der Waals surface area contributed by atoms with Crippen LogP contribution in [-0.2, 0) is 5.41 Å². The van der Waals surface area contributed by atoms with Crippen LogP contribution in [0.15, 0.2) is 24.3 Å². The highest BCUT2D eigenvalue weighted by molar-refractivity contribution is 14.1. The van der Waals surface area contributed by atoms with Gasteiger partial charge in [0.15, 0.2) is 0 Å². The molecule has 1 saturated carbocycles. The summed E-state index contributed by atoms with van der Waals surface area (Å²) in [6.45, 7) is 2.27. The lowest BCUT2D eigenvalue weighted by Crippen LogP contribution is -2.58. The number of likely N-dealkylation sites (N-methyl/N-ethyl adjacent to an activating group) is 1. The lowest BCUT2D eigenvalue weighted by Gasteiger charge is -2.52. The summed E-state index contributed by atoms with van der Waals surface area (Å²) >= 11 is 8.68. The van der Waals surface area contributed by atoms with Gasteiger partial charge in [0.2, 0.25) is 0 Å². The van der Waals surface area contributed by atoms with Gasteiger partial charge in [0.05, 0.1) is 0 Å². The van der Waals surface area contributed by atoms with Gasteiger partial charge >= 0.3 is 0 Å². The molecule has 1 aliphatic carbocycles. The van der Waals surface area contributed by atoms with Crippen molar-refractivity contribution in [3.63, 3.8) is 0 Å². The van der Waals surface area contributed by atoms with Crippen molar-refractivity contribution in [2.24, 2.45) is 0 Å². The Morgan fingerprint density at radius 3 is 2.45 bits per heavy atom. The summed E-state index contributed by atoms with van der Waals surface area (Å²) in [5.74, 6) is 0. The maximum atomic E-state index is 6.04. The van der Waals surface area contributed by atoms with Crippen LogP contribution in [0.5, 0.6) is 0 Å². The van der Waals surface area contributed by atoms with Crippen LogP contribution in [-0.4, -0.2) is 17.0 Å². The van der Waals surface area contributed by atoms with Crippen LogP contribution in [0.25, 0.3) is 0 Å². The predicted molar refractivity (Wildman–Crippen MR) is 99.8 cm³/mol. The first kappa shape index (κ1) is 18.5. The first-order chi connectivity index (χ1) is 9.15. The fourth-order valence-corrected chi connectivity index (χ4v) is 4.85. The van der Waals surface area contributed by atoms with E-state index >= 15 is 0 Å². The van der Waals surface area contributed by atoms with E-state index < -0.39 is 0 Å². The SMILES string of the molecule is CCCCC(NC)C1(c2ccc(Cl)cc2)CCC1I.Cl. The molecule has 0 spiro atoms. The lowest BCUT2D eigenvalue weighted by molar-refractivity contribution is 0.185. The minimum atomic E-state index is 0. The van der Waals surface area contributed by atoms with Gasteiger partial charge in [0.25, 0.3) is 0 Å². The molecule has 3 atom stereocenters. The van der Waals surface area contributed by atoms with E-state index in [-0.39, 0.29) is 12.4 Å². The first-order valence-electron chi connectivity index (χ1n) is 7.22. The molecule has 1 aliphatic rings. The van der Waals surface area contributed by atoms with Crippen LogP contribution >= 0.6 is 46.6 Å². The molecular weight excluding hydrogens is 404 g/mol. The van der Waals surface area contributed by atoms with Gasteiger partial charge in [-0.3, -0.25) is 0 Å². The number of hydrogen-bond acceptors (Lipinski definition) is 1. The quantitative estimate of drug-likeness (QED) is 0.475. The van der Waals surface area contributed by atoms with E-state index in [4.69, 9.17) is 11.6 Å². The zero-order chi connectivity index (χ0) is 13.9. The van der Waals surface area contributed by atoms with E-state index in [2.05, 4.69) is 54.0 Å². The second kappa shape index (κ2) is 8.21. The van der Waals surface area contributed by atoms with E-state index in [9.17, 15) is 0 Å². The summed E-state index contributed by atoms with van der Waals surface area (Å²) in [7, 11) is 2.11. The van der Waals surface area contributed by atoms with Crippen molar-refractivity contribution in [3.8, 4) is 0 Å². The van der Waals surface area contributed by atoms with Crippen LogP contribution in [0.3, 0.4) is 0 Å². The first-order valence-corrected chi connectivity index (χ1v) is 8.85. The molecule has 20 heavy (non-hydrogen) atoms. The van der Waals surface area contributed by atoms with E-state index in [1.807, 2.05) is 12.1 Å². The molecule has 0 saturated heterocycles. The smallest absolute Gasteiger partial charge is 0.0406 e. The Hall–Kier alpha value is 0.490. The highest BCUT2D eigenvalue weighted by Gasteiger charge is 2.51. The van der Waals surface area contributed by atoms with Crippen molar-refractivity contribution in [1.82, 2.24) is 5.32 Å². The molecule has 0 aromatic heterocycles. The van der Waals surface area contributed by atoms with Gasteiger partial charge in [0.1, 0.15) is 0 Å². The topological polar surface area (TPSA) is 12.0 Å². The minimum absolute atomic E-state index is 0. The Morgan fingerprint density at radius 2 is 2.05 bits per heavy atom. The van der Waals surface area contributed by atoms with Crippen molar-refractivity contribution < 1.29 is 0 Å². The fourth-order valence-electron chi connectivity index (χ4n) is 3.31. The average molecular weight is 428 g/mol. The molecule has 114 valence electrons. The summed E-state index contributed by atoms with van der Waals surface area (Å²) in [4.78, 5) is 0. The van der Waals surface area contributed by atoms with Crippen LogP contribution in [0.2, 0.25) is 5.02 Å². The number of hydrogen-bond donors (Lipinski definition) is 1. The Morgan fingerprint density at radius 1 is 1.40 bits per heavy atom. The molecule has 0 aliphatic heterocycles. The number of rotatable bonds is 6. The number of unbranched alkanes of at least 4 members (excludes halogenated alkanes) is 1. The normalized spacial score (nSPS) is 26.5. The van der Waals surface area contributed by atoms with Gasteiger partial charge in [0, 0.05) is 20.4 Å². The number of halogens is 3. The molecule has 1 aromatic rings. The fraction of sp³-hybridized carbons (Fsp3) is 0.625.